The van der Waals surface area contributed by atoms with Gasteiger partial charge in [-0.05, 0) is 26.8 Å². The summed E-state index contributed by atoms with van der Waals surface area (Å²) < 4.78 is 11.0. The molecule has 1 aliphatic rings. The van der Waals surface area contributed by atoms with Gasteiger partial charge in [-0.25, -0.2) is 14.8 Å². The summed E-state index contributed by atoms with van der Waals surface area (Å²) in [6.45, 7) is 8.82. The first kappa shape index (κ1) is 16.5. The Morgan fingerprint density at radius 3 is 2.82 bits per heavy atom. The minimum Gasteiger partial charge on any atom is -0.463 e. The quantitative estimate of drug-likeness (QED) is 0.907. The molecule has 1 aromatic rings. The second-order valence-corrected chi connectivity index (χ2v) is 6.34. The van der Waals surface area contributed by atoms with Gasteiger partial charge in [0.1, 0.15) is 5.60 Å². The lowest BCUT2D eigenvalue weighted by atomic mass is 10.1. The SMILES string of the molecule is CC(C)(C)OC(=O)N1CCNCC(COc2ncccn2)C1. The molecule has 2 rings (SSSR count). The van der Waals surface area contributed by atoms with Crippen molar-refractivity contribution in [2.24, 2.45) is 5.92 Å². The van der Waals surface area contributed by atoms with E-state index >= 15 is 0 Å². The van der Waals surface area contributed by atoms with Crippen LogP contribution >= 0.6 is 0 Å². The van der Waals surface area contributed by atoms with Crippen molar-refractivity contribution in [3.63, 3.8) is 0 Å². The van der Waals surface area contributed by atoms with Crippen LogP contribution in [0.1, 0.15) is 20.8 Å². The van der Waals surface area contributed by atoms with Crippen molar-refractivity contribution in [2.45, 2.75) is 26.4 Å². The zero-order valence-electron chi connectivity index (χ0n) is 13.4. The number of aromatic nitrogens is 2. The maximum atomic E-state index is 12.2. The molecule has 7 nitrogen and oxygen atoms in total. The van der Waals surface area contributed by atoms with Crippen molar-refractivity contribution in [1.29, 1.82) is 0 Å². The van der Waals surface area contributed by atoms with Crippen molar-refractivity contribution in [3.8, 4) is 6.01 Å². The van der Waals surface area contributed by atoms with Crippen molar-refractivity contribution in [3.05, 3.63) is 18.5 Å². The molecule has 7 heteroatoms. The molecule has 1 atom stereocenters. The van der Waals surface area contributed by atoms with Gasteiger partial charge >= 0.3 is 12.1 Å². The highest BCUT2D eigenvalue weighted by Crippen LogP contribution is 2.13. The van der Waals surface area contributed by atoms with Gasteiger partial charge < -0.3 is 19.7 Å². The maximum Gasteiger partial charge on any atom is 0.410 e. The van der Waals surface area contributed by atoms with Gasteiger partial charge in [-0.15, -0.1) is 0 Å². The summed E-state index contributed by atoms with van der Waals surface area (Å²) in [5, 5.41) is 3.31. The normalized spacial score (nSPS) is 19.4. The standard InChI is InChI=1S/C15H24N4O3/c1-15(2,3)22-14(20)19-8-7-16-9-12(10-19)11-21-13-17-5-4-6-18-13/h4-6,12,16H,7-11H2,1-3H3. The highest BCUT2D eigenvalue weighted by atomic mass is 16.6. The summed E-state index contributed by atoms with van der Waals surface area (Å²) in [6.07, 6.45) is 3.00. The summed E-state index contributed by atoms with van der Waals surface area (Å²) in [6, 6.07) is 2.10. The fraction of sp³-hybridized carbons (Fsp3) is 0.667. The number of rotatable bonds is 3. The molecule has 1 amide bonds. The number of ether oxygens (including phenoxy) is 2. The van der Waals surface area contributed by atoms with Gasteiger partial charge in [0.05, 0.1) is 6.61 Å². The summed E-state index contributed by atoms with van der Waals surface area (Å²) in [5.41, 5.74) is -0.485. The number of carbonyl (C=O) groups is 1. The number of nitrogens with one attached hydrogen (secondary N) is 1. The Balaban J connectivity index is 1.88. The van der Waals surface area contributed by atoms with E-state index in [0.717, 1.165) is 13.1 Å². The fourth-order valence-corrected chi connectivity index (χ4v) is 2.14. The van der Waals surface area contributed by atoms with Gasteiger partial charge in [0.25, 0.3) is 0 Å². The molecular formula is C15H24N4O3. The second-order valence-electron chi connectivity index (χ2n) is 6.34. The van der Waals surface area contributed by atoms with Crippen LogP contribution in [-0.4, -0.2) is 59.3 Å². The predicted molar refractivity (Wildman–Crippen MR) is 81.7 cm³/mol. The van der Waals surface area contributed by atoms with E-state index in [4.69, 9.17) is 9.47 Å². The van der Waals surface area contributed by atoms with Crippen molar-refractivity contribution >= 4 is 6.09 Å². The molecule has 0 saturated carbocycles. The number of amides is 1. The third kappa shape index (κ3) is 5.48. The molecule has 0 radical (unpaired) electrons. The molecule has 122 valence electrons. The molecule has 0 spiro atoms. The first-order valence-corrected chi connectivity index (χ1v) is 7.52. The topological polar surface area (TPSA) is 76.6 Å². The number of hydrogen-bond donors (Lipinski definition) is 1. The van der Waals surface area contributed by atoms with E-state index in [1.54, 1.807) is 23.4 Å². The molecule has 22 heavy (non-hydrogen) atoms. The first-order valence-electron chi connectivity index (χ1n) is 7.52. The Morgan fingerprint density at radius 1 is 1.41 bits per heavy atom. The summed E-state index contributed by atoms with van der Waals surface area (Å²) in [7, 11) is 0. The molecule has 1 unspecified atom stereocenters. The van der Waals surface area contributed by atoms with Crippen LogP contribution in [0.25, 0.3) is 0 Å². The Morgan fingerprint density at radius 2 is 2.14 bits per heavy atom. The van der Waals surface area contributed by atoms with E-state index in [1.807, 2.05) is 20.8 Å². The van der Waals surface area contributed by atoms with Gasteiger partial charge in [0.15, 0.2) is 0 Å². The zero-order chi connectivity index (χ0) is 16.0. The minimum atomic E-state index is -0.485. The number of carbonyl (C=O) groups excluding carboxylic acids is 1. The molecule has 1 aliphatic heterocycles. The monoisotopic (exact) mass is 308 g/mol. The zero-order valence-corrected chi connectivity index (χ0v) is 13.4. The van der Waals surface area contributed by atoms with Crippen molar-refractivity contribution < 1.29 is 14.3 Å². The molecular weight excluding hydrogens is 284 g/mol. The lowest BCUT2D eigenvalue weighted by Crippen LogP contribution is -2.40. The first-order chi connectivity index (χ1) is 10.4. The van der Waals surface area contributed by atoms with Crippen LogP contribution in [0.15, 0.2) is 18.5 Å². The van der Waals surface area contributed by atoms with Crippen LogP contribution in [0.3, 0.4) is 0 Å². The molecule has 1 aromatic heterocycles. The second kappa shape index (κ2) is 7.40. The Kier molecular flexibility index (Phi) is 5.54. The lowest BCUT2D eigenvalue weighted by Gasteiger charge is -2.27. The molecule has 2 heterocycles. The number of hydrogen-bond acceptors (Lipinski definition) is 6. The summed E-state index contributed by atoms with van der Waals surface area (Å²) >= 11 is 0. The third-order valence-corrected chi connectivity index (χ3v) is 3.11. The fourth-order valence-electron chi connectivity index (χ4n) is 2.14. The Bertz CT molecular complexity index is 475. The smallest absolute Gasteiger partial charge is 0.410 e. The molecule has 1 fully saturated rings. The van der Waals surface area contributed by atoms with Crippen LogP contribution in [0.4, 0.5) is 4.79 Å². The average Bonchev–Trinajstić information content (AvgIpc) is 2.70. The highest BCUT2D eigenvalue weighted by molar-refractivity contribution is 5.68. The van der Waals surface area contributed by atoms with E-state index in [0.29, 0.717) is 25.7 Å². The molecule has 1 saturated heterocycles. The Labute approximate surface area is 131 Å². The number of nitrogens with zero attached hydrogens (tertiary/aromatic N) is 3. The van der Waals surface area contributed by atoms with Crippen LogP contribution in [-0.2, 0) is 4.74 Å². The summed E-state index contributed by atoms with van der Waals surface area (Å²) in [4.78, 5) is 22.0. The molecule has 0 aromatic carbocycles. The third-order valence-electron chi connectivity index (χ3n) is 3.11. The van der Waals surface area contributed by atoms with Crippen LogP contribution in [0.5, 0.6) is 6.01 Å². The largest absolute Gasteiger partial charge is 0.463 e. The molecule has 0 aliphatic carbocycles. The van der Waals surface area contributed by atoms with E-state index in [-0.39, 0.29) is 12.0 Å². The molecule has 0 bridgehead atoms. The van der Waals surface area contributed by atoms with Crippen molar-refractivity contribution in [1.82, 2.24) is 20.2 Å². The van der Waals surface area contributed by atoms with Gasteiger partial charge in [0.2, 0.25) is 0 Å². The van der Waals surface area contributed by atoms with Crippen LogP contribution in [0.2, 0.25) is 0 Å². The minimum absolute atomic E-state index is 0.166. The van der Waals surface area contributed by atoms with Crippen LogP contribution in [0, 0.1) is 5.92 Å². The van der Waals surface area contributed by atoms with Gasteiger partial charge in [-0.1, -0.05) is 0 Å². The van der Waals surface area contributed by atoms with Gasteiger partial charge in [-0.2, -0.15) is 0 Å². The van der Waals surface area contributed by atoms with E-state index < -0.39 is 5.60 Å². The van der Waals surface area contributed by atoms with E-state index in [2.05, 4.69) is 15.3 Å². The average molecular weight is 308 g/mol. The van der Waals surface area contributed by atoms with Crippen molar-refractivity contribution in [2.75, 3.05) is 32.8 Å². The van der Waals surface area contributed by atoms with Gasteiger partial charge in [0, 0.05) is 44.5 Å². The van der Waals surface area contributed by atoms with Crippen LogP contribution < -0.4 is 10.1 Å². The summed E-state index contributed by atoms with van der Waals surface area (Å²) in [5.74, 6) is 0.166. The van der Waals surface area contributed by atoms with Gasteiger partial charge in [-0.3, -0.25) is 0 Å². The van der Waals surface area contributed by atoms with E-state index in [1.165, 1.54) is 0 Å². The highest BCUT2D eigenvalue weighted by Gasteiger charge is 2.26. The van der Waals surface area contributed by atoms with E-state index in [9.17, 15) is 4.79 Å². The Hall–Kier alpha value is -1.89. The lowest BCUT2D eigenvalue weighted by molar-refractivity contribution is 0.0229. The predicted octanol–water partition coefficient (Wildman–Crippen LogP) is 1.31. The molecule has 1 N–H and O–H groups in total. The maximum absolute atomic E-state index is 12.2.